The Morgan fingerprint density at radius 2 is 1.83 bits per heavy atom. The summed E-state index contributed by atoms with van der Waals surface area (Å²) in [7, 11) is 0. The number of carboxylic acid groups (broad SMARTS) is 1. The Bertz CT molecular complexity index is 1030. The minimum atomic E-state index is -1.69. The molecular formula is C25H30ClN3O6. The lowest BCUT2D eigenvalue weighted by Crippen LogP contribution is -2.50. The zero-order chi connectivity index (χ0) is 25.4. The molecule has 2 aromatic rings. The molecule has 188 valence electrons. The van der Waals surface area contributed by atoms with E-state index in [2.05, 4.69) is 10.6 Å². The Labute approximate surface area is 208 Å². The van der Waals surface area contributed by atoms with E-state index in [1.807, 2.05) is 47.4 Å². The molecule has 1 heterocycles. The summed E-state index contributed by atoms with van der Waals surface area (Å²) in [6, 6.07) is 14.0. The zero-order valence-electron chi connectivity index (χ0n) is 19.2. The van der Waals surface area contributed by atoms with Gasteiger partial charge in [0.05, 0.1) is 13.3 Å². The zero-order valence-corrected chi connectivity index (χ0v) is 19.9. The van der Waals surface area contributed by atoms with Gasteiger partial charge < -0.3 is 26.0 Å². The minimum absolute atomic E-state index is 0.0205. The van der Waals surface area contributed by atoms with Crippen molar-refractivity contribution in [1.29, 1.82) is 0 Å². The number of aliphatic carboxylic acids is 1. The highest BCUT2D eigenvalue weighted by atomic mass is 35.5. The maximum absolute atomic E-state index is 12.5. The highest BCUT2D eigenvalue weighted by Gasteiger charge is 2.27. The van der Waals surface area contributed by atoms with Crippen LogP contribution in [0.3, 0.4) is 0 Å². The van der Waals surface area contributed by atoms with Crippen LogP contribution in [0, 0.1) is 0 Å². The van der Waals surface area contributed by atoms with Gasteiger partial charge in [-0.2, -0.15) is 0 Å². The Morgan fingerprint density at radius 3 is 2.49 bits per heavy atom. The van der Waals surface area contributed by atoms with Gasteiger partial charge in [-0.1, -0.05) is 48.0 Å². The highest BCUT2D eigenvalue weighted by Crippen LogP contribution is 2.23. The van der Waals surface area contributed by atoms with Gasteiger partial charge in [-0.3, -0.25) is 14.5 Å². The SMILES string of the molecule is O=C(NCN1CCC[C@H]1CO)C(=O)N[C@H](Cc1ccc(-c2cccc(Cl)c2)cc1)C[C@@H](O)C(=O)O. The smallest absolute Gasteiger partial charge is 0.332 e. The average molecular weight is 504 g/mol. The van der Waals surface area contributed by atoms with E-state index in [-0.39, 0.29) is 32.2 Å². The second-order valence-electron chi connectivity index (χ2n) is 8.63. The lowest BCUT2D eigenvalue weighted by Gasteiger charge is -2.23. The largest absolute Gasteiger partial charge is 0.479 e. The van der Waals surface area contributed by atoms with Crippen LogP contribution in [0.1, 0.15) is 24.8 Å². The van der Waals surface area contributed by atoms with E-state index < -0.39 is 29.9 Å². The predicted octanol–water partition coefficient (Wildman–Crippen LogP) is 1.40. The van der Waals surface area contributed by atoms with E-state index in [1.165, 1.54) is 0 Å². The van der Waals surface area contributed by atoms with E-state index >= 15 is 0 Å². The van der Waals surface area contributed by atoms with Crippen molar-refractivity contribution < 1.29 is 29.7 Å². The molecule has 0 saturated carbocycles. The quantitative estimate of drug-likeness (QED) is 0.309. The molecule has 3 rings (SSSR count). The number of rotatable bonds is 10. The summed E-state index contributed by atoms with van der Waals surface area (Å²) in [5, 5.41) is 34.0. The molecule has 0 bridgehead atoms. The summed E-state index contributed by atoms with van der Waals surface area (Å²) in [4.78, 5) is 37.9. The maximum Gasteiger partial charge on any atom is 0.332 e. The van der Waals surface area contributed by atoms with Crippen molar-refractivity contribution in [3.63, 3.8) is 0 Å². The van der Waals surface area contributed by atoms with Gasteiger partial charge in [-0.25, -0.2) is 4.79 Å². The fraction of sp³-hybridized carbons (Fsp3) is 0.400. The summed E-state index contributed by atoms with van der Waals surface area (Å²) in [5.74, 6) is -3.18. The number of amides is 2. The van der Waals surface area contributed by atoms with Crippen molar-refractivity contribution in [2.75, 3.05) is 19.8 Å². The molecule has 1 aliphatic heterocycles. The number of carbonyl (C=O) groups is 3. The van der Waals surface area contributed by atoms with Gasteiger partial charge in [0, 0.05) is 30.1 Å². The number of carboxylic acids is 1. The summed E-state index contributed by atoms with van der Waals surface area (Å²) in [5.41, 5.74) is 2.67. The first-order valence-electron chi connectivity index (χ1n) is 11.5. The van der Waals surface area contributed by atoms with E-state index in [0.717, 1.165) is 29.5 Å². The van der Waals surface area contributed by atoms with Crippen LogP contribution in [0.5, 0.6) is 0 Å². The lowest BCUT2D eigenvalue weighted by molar-refractivity contribution is -0.147. The third-order valence-corrected chi connectivity index (χ3v) is 6.32. The van der Waals surface area contributed by atoms with Crippen LogP contribution < -0.4 is 10.6 Å². The molecule has 0 radical (unpaired) electrons. The number of hydrogen-bond donors (Lipinski definition) is 5. The standard InChI is InChI=1S/C25H30ClN3O6/c26-19-4-1-3-18(12-19)17-8-6-16(7-9-17)11-20(13-22(31)25(34)35)28-24(33)23(32)27-15-29-10-2-5-21(29)14-30/h1,3-4,6-9,12,20-22,30-31H,2,5,10-11,13-15H2,(H,27,32)(H,28,33)(H,34,35)/t20-,21+,22-/m1/s1. The molecule has 9 nitrogen and oxygen atoms in total. The molecule has 0 spiro atoms. The van der Waals surface area contributed by atoms with E-state index in [0.29, 0.717) is 11.6 Å². The van der Waals surface area contributed by atoms with Crippen LogP contribution in [-0.2, 0) is 20.8 Å². The first kappa shape index (κ1) is 26.6. The molecule has 35 heavy (non-hydrogen) atoms. The Balaban J connectivity index is 1.63. The third-order valence-electron chi connectivity index (χ3n) is 6.08. The Morgan fingerprint density at radius 1 is 1.09 bits per heavy atom. The number of nitrogens with zero attached hydrogens (tertiary/aromatic N) is 1. The van der Waals surface area contributed by atoms with Crippen molar-refractivity contribution in [2.45, 2.75) is 43.9 Å². The molecule has 2 aromatic carbocycles. The molecular weight excluding hydrogens is 474 g/mol. The summed E-state index contributed by atoms with van der Waals surface area (Å²) < 4.78 is 0. The number of aliphatic hydroxyl groups is 2. The monoisotopic (exact) mass is 503 g/mol. The van der Waals surface area contributed by atoms with Crippen molar-refractivity contribution in [1.82, 2.24) is 15.5 Å². The minimum Gasteiger partial charge on any atom is -0.479 e. The van der Waals surface area contributed by atoms with Crippen LogP contribution in [0.4, 0.5) is 0 Å². The molecule has 1 saturated heterocycles. The molecule has 10 heteroatoms. The van der Waals surface area contributed by atoms with Gasteiger partial charge in [0.25, 0.3) is 0 Å². The van der Waals surface area contributed by atoms with E-state index in [9.17, 15) is 24.6 Å². The second-order valence-corrected chi connectivity index (χ2v) is 9.06. The molecule has 0 aliphatic carbocycles. The molecule has 1 aliphatic rings. The number of hydrogen-bond acceptors (Lipinski definition) is 6. The van der Waals surface area contributed by atoms with Crippen LogP contribution in [0.15, 0.2) is 48.5 Å². The van der Waals surface area contributed by atoms with E-state index in [4.69, 9.17) is 16.7 Å². The summed E-state index contributed by atoms with van der Waals surface area (Å²) in [6.07, 6.45) is -0.00683. The molecule has 0 unspecified atom stereocenters. The number of likely N-dealkylation sites (tertiary alicyclic amines) is 1. The number of halogens is 1. The van der Waals surface area contributed by atoms with Gasteiger partial charge in [0.2, 0.25) is 0 Å². The third kappa shape index (κ3) is 7.76. The number of carbonyl (C=O) groups excluding carboxylic acids is 2. The predicted molar refractivity (Wildman–Crippen MR) is 131 cm³/mol. The highest BCUT2D eigenvalue weighted by molar-refractivity contribution is 6.35. The number of benzene rings is 2. The van der Waals surface area contributed by atoms with Crippen LogP contribution in [0.25, 0.3) is 11.1 Å². The van der Waals surface area contributed by atoms with Crippen LogP contribution >= 0.6 is 11.6 Å². The van der Waals surface area contributed by atoms with Crippen LogP contribution in [0.2, 0.25) is 5.02 Å². The van der Waals surface area contributed by atoms with Crippen LogP contribution in [-0.4, -0.2) is 76.0 Å². The molecule has 0 aromatic heterocycles. The molecule has 5 N–H and O–H groups in total. The Hall–Kier alpha value is -2.98. The van der Waals surface area contributed by atoms with Gasteiger partial charge >= 0.3 is 17.8 Å². The first-order valence-corrected chi connectivity index (χ1v) is 11.8. The van der Waals surface area contributed by atoms with Crippen molar-refractivity contribution in [3.8, 4) is 11.1 Å². The van der Waals surface area contributed by atoms with Crippen molar-refractivity contribution in [3.05, 3.63) is 59.1 Å². The van der Waals surface area contributed by atoms with Gasteiger partial charge in [-0.05, 0) is 48.1 Å². The van der Waals surface area contributed by atoms with Crippen molar-refractivity contribution >= 4 is 29.4 Å². The average Bonchev–Trinajstić information content (AvgIpc) is 3.30. The van der Waals surface area contributed by atoms with Gasteiger partial charge in [0.1, 0.15) is 0 Å². The number of nitrogens with one attached hydrogen (secondary N) is 2. The van der Waals surface area contributed by atoms with Gasteiger partial charge in [0.15, 0.2) is 6.10 Å². The Kier molecular flexibility index (Phi) is 9.62. The maximum atomic E-state index is 12.5. The summed E-state index contributed by atoms with van der Waals surface area (Å²) >= 11 is 6.06. The fourth-order valence-corrected chi connectivity index (χ4v) is 4.35. The first-order chi connectivity index (χ1) is 16.8. The number of aliphatic hydroxyl groups excluding tert-OH is 2. The van der Waals surface area contributed by atoms with E-state index in [1.54, 1.807) is 6.07 Å². The van der Waals surface area contributed by atoms with Gasteiger partial charge in [-0.15, -0.1) is 0 Å². The molecule has 1 fully saturated rings. The van der Waals surface area contributed by atoms with Crippen molar-refractivity contribution in [2.24, 2.45) is 0 Å². The summed E-state index contributed by atoms with van der Waals surface area (Å²) in [6.45, 7) is 0.823. The second kappa shape index (κ2) is 12.6. The molecule has 3 atom stereocenters. The fourth-order valence-electron chi connectivity index (χ4n) is 4.16. The normalized spacial score (nSPS) is 17.5. The molecule has 2 amide bonds. The lowest BCUT2D eigenvalue weighted by atomic mass is 9.98. The topological polar surface area (TPSA) is 139 Å².